The van der Waals surface area contributed by atoms with Gasteiger partial charge in [0.1, 0.15) is 6.61 Å². The van der Waals surface area contributed by atoms with Gasteiger partial charge in [0.2, 0.25) is 0 Å². The van der Waals surface area contributed by atoms with Crippen LogP contribution in [-0.4, -0.2) is 61.3 Å². The lowest BCUT2D eigenvalue weighted by Crippen LogP contribution is -2.67. The number of hydrogen-bond acceptors (Lipinski definition) is 5. The summed E-state index contributed by atoms with van der Waals surface area (Å²) in [5, 5.41) is 13.9. The zero-order valence-electron chi connectivity index (χ0n) is 29.3. The van der Waals surface area contributed by atoms with Gasteiger partial charge in [0.15, 0.2) is 0 Å². The van der Waals surface area contributed by atoms with Crippen molar-refractivity contribution in [3.05, 3.63) is 23.3 Å². The van der Waals surface area contributed by atoms with Gasteiger partial charge in [-0.05, 0) is 148 Å². The van der Waals surface area contributed by atoms with E-state index in [1.54, 1.807) is 5.57 Å². The molecule has 0 aromatic carbocycles. The van der Waals surface area contributed by atoms with Gasteiger partial charge >= 0.3 is 5.97 Å². The van der Waals surface area contributed by atoms with Crippen molar-refractivity contribution in [2.45, 2.75) is 124 Å². The Kier molecular flexibility index (Phi) is 8.94. The maximum absolute atomic E-state index is 11.9. The first-order valence-electron chi connectivity index (χ1n) is 18.5. The van der Waals surface area contributed by atoms with Crippen molar-refractivity contribution in [3.63, 3.8) is 0 Å². The normalized spacial score (nSPS) is 45.8. The first kappa shape index (κ1) is 33.2. The Balaban J connectivity index is 1.18. The van der Waals surface area contributed by atoms with Crippen LogP contribution in [0.25, 0.3) is 0 Å². The molecule has 0 bridgehead atoms. The third kappa shape index (κ3) is 5.27. The standard InChI is InChI=1S/C39H62N2O4/c1-27-29(28-11-16-35(2,17-12-28)34(43)44)13-18-36(3)30(27)14-19-38(5)33(36)10-9-31-32-8-7-15-39(32,21-20-37(31,38)4)40-22-23-41(6)24-25-45-26-42/h11,13,26-27,30-33,40H,7-10,12,14-25H2,1-6H3,(H,43,44)/t27?,30?,31?,32?,33?,35?,36?,37-,38?,39?/m1/s1. The van der Waals surface area contributed by atoms with Crippen LogP contribution in [0.3, 0.4) is 0 Å². The van der Waals surface area contributed by atoms with Crippen LogP contribution in [-0.2, 0) is 14.3 Å². The number of nitrogens with zero attached hydrogens (tertiary/aromatic N) is 1. The van der Waals surface area contributed by atoms with Gasteiger partial charge < -0.3 is 20.1 Å². The fourth-order valence-electron chi connectivity index (χ4n) is 12.8. The number of fused-ring (bicyclic) bond motifs is 7. The summed E-state index contributed by atoms with van der Waals surface area (Å²) in [5.41, 5.74) is 3.82. The molecule has 6 aliphatic rings. The van der Waals surface area contributed by atoms with Crippen LogP contribution in [0.1, 0.15) is 118 Å². The Hall–Kier alpha value is -1.66. The summed E-state index contributed by atoms with van der Waals surface area (Å²) >= 11 is 0. The van der Waals surface area contributed by atoms with Crippen molar-refractivity contribution >= 4 is 12.4 Å². The molecular weight excluding hydrogens is 560 g/mol. The maximum atomic E-state index is 11.9. The molecule has 4 fully saturated rings. The molecule has 0 radical (unpaired) electrons. The Morgan fingerprint density at radius 3 is 2.47 bits per heavy atom. The van der Waals surface area contributed by atoms with Crippen LogP contribution in [0.4, 0.5) is 0 Å². The molecular formula is C39H62N2O4. The van der Waals surface area contributed by atoms with E-state index in [-0.39, 0.29) is 0 Å². The van der Waals surface area contributed by atoms with Crippen LogP contribution < -0.4 is 5.32 Å². The number of nitrogens with one attached hydrogen (secondary N) is 1. The Bertz CT molecular complexity index is 1210. The molecule has 10 atom stereocenters. The Morgan fingerprint density at radius 1 is 0.956 bits per heavy atom. The van der Waals surface area contributed by atoms with Crippen molar-refractivity contribution in [2.24, 2.45) is 51.2 Å². The van der Waals surface area contributed by atoms with Crippen molar-refractivity contribution in [1.29, 1.82) is 0 Å². The number of likely N-dealkylation sites (N-methyl/N-ethyl adjacent to an activating group) is 1. The molecule has 0 aromatic rings. The third-order valence-electron chi connectivity index (χ3n) is 15.8. The average Bonchev–Trinajstić information content (AvgIpc) is 3.42. The van der Waals surface area contributed by atoms with E-state index < -0.39 is 11.4 Å². The predicted octanol–water partition coefficient (Wildman–Crippen LogP) is 7.64. The number of ether oxygens (including phenoxy) is 1. The van der Waals surface area contributed by atoms with Gasteiger partial charge in [0.25, 0.3) is 6.47 Å². The van der Waals surface area contributed by atoms with Gasteiger partial charge in [-0.1, -0.05) is 46.3 Å². The van der Waals surface area contributed by atoms with E-state index in [4.69, 9.17) is 4.74 Å². The van der Waals surface area contributed by atoms with Crippen molar-refractivity contribution in [3.8, 4) is 0 Å². The van der Waals surface area contributed by atoms with Crippen molar-refractivity contribution < 1.29 is 19.4 Å². The maximum Gasteiger partial charge on any atom is 0.309 e. The van der Waals surface area contributed by atoms with E-state index in [9.17, 15) is 14.7 Å². The van der Waals surface area contributed by atoms with E-state index in [0.717, 1.165) is 50.2 Å². The van der Waals surface area contributed by atoms with Crippen molar-refractivity contribution in [1.82, 2.24) is 10.2 Å². The van der Waals surface area contributed by atoms with Crippen LogP contribution in [0.2, 0.25) is 0 Å². The van der Waals surface area contributed by atoms with Gasteiger partial charge in [0.05, 0.1) is 5.41 Å². The quantitative estimate of drug-likeness (QED) is 0.193. The minimum atomic E-state index is -0.648. The van der Waals surface area contributed by atoms with Gasteiger partial charge in [-0.15, -0.1) is 0 Å². The van der Waals surface area contributed by atoms with Crippen LogP contribution in [0, 0.1) is 51.2 Å². The number of rotatable bonds is 10. The molecule has 2 N–H and O–H groups in total. The molecule has 6 nitrogen and oxygen atoms in total. The second-order valence-electron chi connectivity index (χ2n) is 17.5. The molecule has 0 saturated heterocycles. The van der Waals surface area contributed by atoms with E-state index in [1.807, 2.05) is 6.92 Å². The second kappa shape index (κ2) is 12.1. The van der Waals surface area contributed by atoms with Crippen molar-refractivity contribution in [2.75, 3.05) is 33.3 Å². The molecule has 0 aliphatic heterocycles. The van der Waals surface area contributed by atoms with Crippen LogP contribution in [0.5, 0.6) is 0 Å². The van der Waals surface area contributed by atoms with Gasteiger partial charge in [-0.2, -0.15) is 0 Å². The van der Waals surface area contributed by atoms with Gasteiger partial charge in [-0.3, -0.25) is 9.59 Å². The predicted molar refractivity (Wildman–Crippen MR) is 180 cm³/mol. The molecule has 6 aliphatic carbocycles. The third-order valence-corrected chi connectivity index (χ3v) is 15.8. The molecule has 4 saturated carbocycles. The summed E-state index contributed by atoms with van der Waals surface area (Å²) in [6, 6.07) is 0. The minimum absolute atomic E-state index is 0.302. The molecule has 6 rings (SSSR count). The smallest absolute Gasteiger partial charge is 0.309 e. The molecule has 45 heavy (non-hydrogen) atoms. The highest BCUT2D eigenvalue weighted by Crippen LogP contribution is 2.75. The summed E-state index contributed by atoms with van der Waals surface area (Å²) in [6.07, 6.45) is 20.6. The Labute approximate surface area is 273 Å². The number of carboxylic acids is 1. The molecule has 0 spiro atoms. The summed E-state index contributed by atoms with van der Waals surface area (Å²) in [7, 11) is 2.13. The van der Waals surface area contributed by atoms with E-state index in [0.29, 0.717) is 53.1 Å². The van der Waals surface area contributed by atoms with E-state index in [2.05, 4.69) is 57.1 Å². The number of carboxylic acid groups (broad SMARTS) is 1. The summed E-state index contributed by atoms with van der Waals surface area (Å²) in [4.78, 5) is 24.7. The second-order valence-corrected chi connectivity index (χ2v) is 17.5. The van der Waals surface area contributed by atoms with Crippen LogP contribution in [0.15, 0.2) is 23.3 Å². The molecule has 0 amide bonds. The highest BCUT2D eigenvalue weighted by molar-refractivity contribution is 5.74. The van der Waals surface area contributed by atoms with Gasteiger partial charge in [-0.25, -0.2) is 0 Å². The van der Waals surface area contributed by atoms with E-state index in [1.165, 1.54) is 69.8 Å². The monoisotopic (exact) mass is 622 g/mol. The highest BCUT2D eigenvalue weighted by Gasteiger charge is 2.68. The first-order valence-corrected chi connectivity index (χ1v) is 18.5. The summed E-state index contributed by atoms with van der Waals surface area (Å²) in [6.45, 7) is 16.4. The molecule has 252 valence electrons. The highest BCUT2D eigenvalue weighted by atomic mass is 16.5. The minimum Gasteiger partial charge on any atom is -0.481 e. The Morgan fingerprint density at radius 2 is 1.76 bits per heavy atom. The largest absolute Gasteiger partial charge is 0.481 e. The number of carbonyl (C=O) groups excluding carboxylic acids is 1. The topological polar surface area (TPSA) is 78.9 Å². The average molecular weight is 623 g/mol. The fourth-order valence-corrected chi connectivity index (χ4v) is 12.8. The molecule has 0 aromatic heterocycles. The summed E-state index contributed by atoms with van der Waals surface area (Å²) < 4.78 is 4.92. The molecule has 0 heterocycles. The lowest BCUT2D eigenvalue weighted by Gasteiger charge is -2.71. The number of hydrogen-bond donors (Lipinski definition) is 2. The zero-order valence-corrected chi connectivity index (χ0v) is 29.3. The lowest BCUT2D eigenvalue weighted by molar-refractivity contribution is -0.212. The molecule has 6 heteroatoms. The van der Waals surface area contributed by atoms with E-state index >= 15 is 0 Å². The zero-order chi connectivity index (χ0) is 32.3. The molecule has 9 unspecified atom stereocenters. The number of allylic oxidation sites excluding steroid dienone is 4. The summed E-state index contributed by atoms with van der Waals surface area (Å²) in [5.74, 6) is 2.99. The SMILES string of the molecule is CC1C(C2=CCC(C)(C(=O)O)CC2)=CCC2(C)C1CCC1(C)C2CCC2C3CCCC3(NCCN(C)CCOC=O)CC[C@]21C. The van der Waals surface area contributed by atoms with Crippen LogP contribution >= 0.6 is 0 Å². The number of carbonyl (C=O) groups is 2. The lowest BCUT2D eigenvalue weighted by atomic mass is 9.34. The fraction of sp³-hybridized carbons (Fsp3) is 0.846. The number of aliphatic carboxylic acids is 1. The van der Waals surface area contributed by atoms with Gasteiger partial charge in [0, 0.05) is 25.2 Å². The first-order chi connectivity index (χ1) is 21.3.